The number of hydrazine groups is 1. The van der Waals surface area contributed by atoms with Gasteiger partial charge in [-0.2, -0.15) is 13.2 Å². The molecule has 0 saturated heterocycles. The van der Waals surface area contributed by atoms with Gasteiger partial charge in [-0.1, -0.05) is 32.4 Å². The van der Waals surface area contributed by atoms with Gasteiger partial charge in [-0.25, -0.2) is 9.40 Å². The van der Waals surface area contributed by atoms with Gasteiger partial charge in [0.1, 0.15) is 17.3 Å². The predicted octanol–water partition coefficient (Wildman–Crippen LogP) is 5.28. The smallest absolute Gasteiger partial charge is 0.451 e. The van der Waals surface area contributed by atoms with E-state index in [-0.39, 0.29) is 17.8 Å². The number of hydrogen-bond acceptors (Lipinski definition) is 5. The van der Waals surface area contributed by atoms with Crippen molar-refractivity contribution < 1.29 is 36.7 Å². The molecular formula is C24H29F4N3O4. The molecule has 1 aromatic carbocycles. The molecule has 3 N–H and O–H groups in total. The fourth-order valence-electron chi connectivity index (χ4n) is 3.69. The number of anilines is 1. The zero-order valence-electron chi connectivity index (χ0n) is 19.7. The molecule has 0 saturated carbocycles. The molecule has 2 rings (SSSR count). The highest BCUT2D eigenvalue weighted by Crippen LogP contribution is 2.37. The molecule has 11 heteroatoms. The zero-order chi connectivity index (χ0) is 26.2. The van der Waals surface area contributed by atoms with Crippen molar-refractivity contribution in [1.82, 2.24) is 10.4 Å². The lowest BCUT2D eigenvalue weighted by atomic mass is 9.97. The number of aliphatic hydroxyl groups is 1. The highest BCUT2D eigenvalue weighted by atomic mass is 19.4. The van der Waals surface area contributed by atoms with E-state index in [1.807, 2.05) is 13.8 Å². The van der Waals surface area contributed by atoms with Crippen LogP contribution in [0.15, 0.2) is 46.1 Å². The minimum absolute atomic E-state index is 0.0688. The van der Waals surface area contributed by atoms with E-state index in [0.717, 1.165) is 12.1 Å². The second kappa shape index (κ2) is 12.4. The van der Waals surface area contributed by atoms with Crippen molar-refractivity contribution in [1.29, 1.82) is 0 Å². The summed E-state index contributed by atoms with van der Waals surface area (Å²) in [7, 11) is 0. The molecule has 1 unspecified atom stereocenters. The summed E-state index contributed by atoms with van der Waals surface area (Å²) in [5, 5.41) is 14.9. The molecule has 7 nitrogen and oxygen atoms in total. The van der Waals surface area contributed by atoms with E-state index in [1.54, 1.807) is 0 Å². The van der Waals surface area contributed by atoms with E-state index in [1.165, 1.54) is 30.1 Å². The van der Waals surface area contributed by atoms with Crippen LogP contribution < -0.4 is 10.7 Å². The van der Waals surface area contributed by atoms with Gasteiger partial charge in [-0.3, -0.25) is 15.0 Å². The van der Waals surface area contributed by atoms with E-state index < -0.39 is 41.1 Å². The van der Waals surface area contributed by atoms with Gasteiger partial charge >= 0.3 is 6.18 Å². The number of aliphatic hydroxyl groups excluding tert-OH is 1. The van der Waals surface area contributed by atoms with Crippen LogP contribution in [0, 0.1) is 12.7 Å². The van der Waals surface area contributed by atoms with Crippen LogP contribution in [-0.2, 0) is 22.2 Å². The molecule has 35 heavy (non-hydrogen) atoms. The first kappa shape index (κ1) is 27.9. The summed E-state index contributed by atoms with van der Waals surface area (Å²) in [5.74, 6) is -3.48. The van der Waals surface area contributed by atoms with Gasteiger partial charge in [-0.05, 0) is 37.5 Å². The molecule has 0 radical (unpaired) electrons. The van der Waals surface area contributed by atoms with Gasteiger partial charge < -0.3 is 14.8 Å². The molecule has 0 bridgehead atoms. The fourth-order valence-corrected chi connectivity index (χ4v) is 3.69. The summed E-state index contributed by atoms with van der Waals surface area (Å²) >= 11 is 0. The second-order valence-corrected chi connectivity index (χ2v) is 7.97. The van der Waals surface area contributed by atoms with Crippen LogP contribution in [0.5, 0.6) is 0 Å². The fraction of sp³-hybridized carbons (Fsp3) is 0.417. The largest absolute Gasteiger partial charge is 0.510 e. The number of furan rings is 1. The Labute approximate surface area is 200 Å². The predicted molar refractivity (Wildman–Crippen MR) is 122 cm³/mol. The van der Waals surface area contributed by atoms with Crippen molar-refractivity contribution >= 4 is 18.0 Å². The summed E-state index contributed by atoms with van der Waals surface area (Å²) < 4.78 is 58.6. The molecule has 0 fully saturated rings. The molecule has 2 aromatic rings. The molecule has 2 amide bonds. The normalized spacial score (nSPS) is 13.4. The van der Waals surface area contributed by atoms with Gasteiger partial charge in [0.05, 0.1) is 17.3 Å². The third-order valence-electron chi connectivity index (χ3n) is 5.15. The maximum atomic E-state index is 13.8. The number of aryl methyl sites for hydroxylation is 1. The minimum Gasteiger partial charge on any atom is -0.510 e. The number of halogens is 4. The van der Waals surface area contributed by atoms with Gasteiger partial charge in [0, 0.05) is 19.0 Å². The molecular weight excluding hydrogens is 470 g/mol. The van der Waals surface area contributed by atoms with Crippen molar-refractivity contribution in [2.24, 2.45) is 0 Å². The molecule has 1 aromatic heterocycles. The average Bonchev–Trinajstić information content (AvgIpc) is 3.16. The number of alkyl halides is 3. The minimum atomic E-state index is -4.86. The number of hydrogen-bond donors (Lipinski definition) is 3. The molecule has 0 aliphatic carbocycles. The summed E-state index contributed by atoms with van der Waals surface area (Å²) in [6.45, 7) is 5.32. The second-order valence-electron chi connectivity index (χ2n) is 7.97. The molecule has 1 heterocycles. The van der Waals surface area contributed by atoms with Gasteiger partial charge in [-0.15, -0.1) is 0 Å². The Bertz CT molecular complexity index is 1050. The van der Waals surface area contributed by atoms with E-state index in [2.05, 4.69) is 10.7 Å². The van der Waals surface area contributed by atoms with Crippen molar-refractivity contribution in [3.63, 3.8) is 0 Å². The van der Waals surface area contributed by atoms with Crippen LogP contribution >= 0.6 is 0 Å². The average molecular weight is 500 g/mol. The van der Waals surface area contributed by atoms with E-state index in [0.29, 0.717) is 37.8 Å². The monoisotopic (exact) mass is 499 g/mol. The molecule has 0 spiro atoms. The Morgan fingerprint density at radius 1 is 1.23 bits per heavy atom. The van der Waals surface area contributed by atoms with Gasteiger partial charge in [0.2, 0.25) is 12.2 Å². The third kappa shape index (κ3) is 7.57. The van der Waals surface area contributed by atoms with Gasteiger partial charge in [0.25, 0.3) is 5.91 Å². The quantitative estimate of drug-likeness (QED) is 0.121. The van der Waals surface area contributed by atoms with Crippen molar-refractivity contribution in [2.75, 3.05) is 11.9 Å². The maximum Gasteiger partial charge on any atom is 0.451 e. The van der Waals surface area contributed by atoms with Crippen LogP contribution in [0.3, 0.4) is 0 Å². The summed E-state index contributed by atoms with van der Waals surface area (Å²) in [5.41, 5.74) is 1.95. The lowest BCUT2D eigenvalue weighted by Gasteiger charge is -2.31. The number of carbonyl (C=O) groups excluding carboxylic acids is 2. The Hall–Kier alpha value is -3.34. The van der Waals surface area contributed by atoms with Crippen LogP contribution in [-0.4, -0.2) is 35.0 Å². The van der Waals surface area contributed by atoms with Crippen LogP contribution in [0.1, 0.15) is 50.2 Å². The van der Waals surface area contributed by atoms with Crippen molar-refractivity contribution in [3.05, 3.63) is 64.6 Å². The first-order chi connectivity index (χ1) is 16.5. The molecule has 0 aliphatic heterocycles. The number of rotatable bonds is 12. The SMILES string of the molecule is CCCC(/C(O)=C(\Cc1cccc(F)c1)C(=O)Nc1cc(C)oc1C(F)(F)F)N(CCC)NC=O. The topological polar surface area (TPSA) is 94.8 Å². The van der Waals surface area contributed by atoms with E-state index in [9.17, 15) is 32.3 Å². The summed E-state index contributed by atoms with van der Waals surface area (Å²) in [4.78, 5) is 24.4. The first-order valence-electron chi connectivity index (χ1n) is 11.1. The molecule has 1 atom stereocenters. The van der Waals surface area contributed by atoms with E-state index in [4.69, 9.17) is 4.42 Å². The molecule has 0 aliphatic rings. The van der Waals surface area contributed by atoms with Crippen LogP contribution in [0.25, 0.3) is 0 Å². The third-order valence-corrected chi connectivity index (χ3v) is 5.15. The lowest BCUT2D eigenvalue weighted by Crippen LogP contribution is -2.47. The van der Waals surface area contributed by atoms with Crippen molar-refractivity contribution in [2.45, 2.75) is 58.7 Å². The summed E-state index contributed by atoms with van der Waals surface area (Å²) in [6, 6.07) is 5.49. The number of benzene rings is 1. The maximum absolute atomic E-state index is 13.8. The van der Waals surface area contributed by atoms with Crippen LogP contribution in [0.4, 0.5) is 23.2 Å². The van der Waals surface area contributed by atoms with E-state index >= 15 is 0 Å². The Balaban J connectivity index is 2.57. The molecule has 192 valence electrons. The number of carbonyl (C=O) groups is 2. The first-order valence-corrected chi connectivity index (χ1v) is 11.1. The van der Waals surface area contributed by atoms with Crippen molar-refractivity contribution in [3.8, 4) is 0 Å². The highest BCUT2D eigenvalue weighted by molar-refractivity contribution is 6.04. The summed E-state index contributed by atoms with van der Waals surface area (Å²) in [6.07, 6.45) is -3.21. The highest BCUT2D eigenvalue weighted by Gasteiger charge is 2.39. The lowest BCUT2D eigenvalue weighted by molar-refractivity contribution is -0.152. The number of nitrogens with zero attached hydrogens (tertiary/aromatic N) is 1. The number of amides is 2. The Kier molecular flexibility index (Phi) is 9.88. The Morgan fingerprint density at radius 3 is 2.51 bits per heavy atom. The Morgan fingerprint density at radius 2 is 1.94 bits per heavy atom. The van der Waals surface area contributed by atoms with Gasteiger partial charge in [0.15, 0.2) is 0 Å². The number of nitrogens with one attached hydrogen (secondary N) is 2. The zero-order valence-corrected chi connectivity index (χ0v) is 19.7. The van der Waals surface area contributed by atoms with Crippen LogP contribution in [0.2, 0.25) is 0 Å². The standard InChI is InChI=1S/C24H29F4N3O4/c1-4-7-20(31(10-5-2)29-14-32)21(33)18(13-16-8-6-9-17(25)12-16)23(34)30-19-11-15(3)35-22(19)24(26,27)28/h6,8-9,11-12,14,20,33H,4-5,7,10,13H2,1-3H3,(H,29,32)(H,30,34)/b21-18-.